The van der Waals surface area contributed by atoms with Gasteiger partial charge in [-0.1, -0.05) is 0 Å². The smallest absolute Gasteiger partial charge is 0.224 e. The van der Waals surface area contributed by atoms with Gasteiger partial charge in [-0.2, -0.15) is 0 Å². The molecule has 4 nitrogen and oxygen atoms in total. The number of hydrogen-bond acceptors (Lipinski definition) is 3. The molecule has 0 atom stereocenters. The zero-order chi connectivity index (χ0) is 12.3. The molecule has 1 N–H and O–H groups in total. The topological polar surface area (TPSA) is 45.2 Å². The monoisotopic (exact) mass is 233 g/mol. The summed E-state index contributed by atoms with van der Waals surface area (Å²) in [4.78, 5) is 17.9. The van der Waals surface area contributed by atoms with Crippen molar-refractivity contribution in [2.75, 3.05) is 13.1 Å². The Bertz CT molecular complexity index is 389. The van der Waals surface area contributed by atoms with Crippen LogP contribution in [0.4, 0.5) is 0 Å². The van der Waals surface area contributed by atoms with Gasteiger partial charge < -0.3 is 10.2 Å². The summed E-state index contributed by atoms with van der Waals surface area (Å²) in [6, 6.07) is 3.91. The molecule has 1 aromatic rings. The Labute approximate surface area is 102 Å². The van der Waals surface area contributed by atoms with Gasteiger partial charge in [0.1, 0.15) is 0 Å². The van der Waals surface area contributed by atoms with E-state index in [-0.39, 0.29) is 11.4 Å². The molecule has 0 aromatic carbocycles. The van der Waals surface area contributed by atoms with Crippen LogP contribution in [0.15, 0.2) is 24.5 Å². The lowest BCUT2D eigenvalue weighted by molar-refractivity contribution is -0.131. The number of nitrogens with zero attached hydrogens (tertiary/aromatic N) is 2. The molecule has 1 amide bonds. The molecular formula is C13H19N3O. The van der Waals surface area contributed by atoms with Crippen molar-refractivity contribution in [2.24, 2.45) is 0 Å². The van der Waals surface area contributed by atoms with E-state index in [4.69, 9.17) is 0 Å². The van der Waals surface area contributed by atoms with Crippen molar-refractivity contribution in [3.8, 4) is 0 Å². The molecule has 4 heteroatoms. The molecule has 2 rings (SSSR count). The van der Waals surface area contributed by atoms with E-state index in [1.807, 2.05) is 17.0 Å². The minimum absolute atomic E-state index is 0.0147. The zero-order valence-electron chi connectivity index (χ0n) is 10.4. The second kappa shape index (κ2) is 4.84. The maximum absolute atomic E-state index is 12.0. The van der Waals surface area contributed by atoms with Crippen LogP contribution in [0.5, 0.6) is 0 Å². The van der Waals surface area contributed by atoms with Crippen LogP contribution < -0.4 is 5.32 Å². The van der Waals surface area contributed by atoms with E-state index in [0.29, 0.717) is 13.0 Å². The van der Waals surface area contributed by atoms with Gasteiger partial charge in [-0.15, -0.1) is 0 Å². The molecule has 92 valence electrons. The molecule has 0 radical (unpaired) electrons. The van der Waals surface area contributed by atoms with E-state index in [2.05, 4.69) is 24.1 Å². The van der Waals surface area contributed by atoms with Gasteiger partial charge in [0.2, 0.25) is 5.91 Å². The lowest BCUT2D eigenvalue weighted by Crippen LogP contribution is -2.46. The second-order valence-corrected chi connectivity index (χ2v) is 5.17. The molecule has 0 spiro atoms. The summed E-state index contributed by atoms with van der Waals surface area (Å²) in [7, 11) is 0. The molecule has 1 aliphatic rings. The van der Waals surface area contributed by atoms with Crippen molar-refractivity contribution in [1.29, 1.82) is 0 Å². The molecule has 17 heavy (non-hydrogen) atoms. The number of pyridine rings is 1. The van der Waals surface area contributed by atoms with Gasteiger partial charge in [0, 0.05) is 44.0 Å². The second-order valence-electron chi connectivity index (χ2n) is 5.17. The van der Waals surface area contributed by atoms with E-state index in [1.54, 1.807) is 12.4 Å². The van der Waals surface area contributed by atoms with E-state index >= 15 is 0 Å². The molecule has 0 bridgehead atoms. The first-order valence-corrected chi connectivity index (χ1v) is 5.98. The third-order valence-corrected chi connectivity index (χ3v) is 3.00. The lowest BCUT2D eigenvalue weighted by atomic mass is 10.1. The van der Waals surface area contributed by atoms with Gasteiger partial charge in [-0.05, 0) is 31.5 Å². The van der Waals surface area contributed by atoms with Gasteiger partial charge in [-0.3, -0.25) is 9.78 Å². The first-order valence-electron chi connectivity index (χ1n) is 5.98. The Balaban J connectivity index is 2.10. The van der Waals surface area contributed by atoms with E-state index in [9.17, 15) is 4.79 Å². The summed E-state index contributed by atoms with van der Waals surface area (Å²) in [5, 5.41) is 3.39. The minimum Gasteiger partial charge on any atom is -0.337 e. The molecule has 0 aliphatic carbocycles. The van der Waals surface area contributed by atoms with Crippen LogP contribution >= 0.6 is 0 Å². The first-order chi connectivity index (χ1) is 8.07. The van der Waals surface area contributed by atoms with Crippen molar-refractivity contribution in [2.45, 2.75) is 32.4 Å². The molecule has 1 saturated heterocycles. The van der Waals surface area contributed by atoms with Gasteiger partial charge >= 0.3 is 0 Å². The standard InChI is InChI=1S/C13H19N3O/c1-13(2)10-16(12(17)5-8-15-13)9-11-3-6-14-7-4-11/h3-4,6-7,15H,5,8-10H2,1-2H3. The number of carbonyl (C=O) groups is 1. The summed E-state index contributed by atoms with van der Waals surface area (Å²) in [6.45, 7) is 6.44. The highest BCUT2D eigenvalue weighted by Gasteiger charge is 2.27. The number of aromatic nitrogens is 1. The molecular weight excluding hydrogens is 214 g/mol. The van der Waals surface area contributed by atoms with Crippen LogP contribution in [-0.2, 0) is 11.3 Å². The quantitative estimate of drug-likeness (QED) is 0.834. The molecule has 1 aliphatic heterocycles. The van der Waals surface area contributed by atoms with Crippen LogP contribution in [0, 0.1) is 0 Å². The maximum atomic E-state index is 12.0. The highest BCUT2D eigenvalue weighted by Crippen LogP contribution is 2.14. The number of amides is 1. The van der Waals surface area contributed by atoms with E-state index in [0.717, 1.165) is 18.7 Å². The van der Waals surface area contributed by atoms with E-state index in [1.165, 1.54) is 0 Å². The Morgan fingerprint density at radius 1 is 1.41 bits per heavy atom. The Hall–Kier alpha value is -1.42. The average molecular weight is 233 g/mol. The van der Waals surface area contributed by atoms with Crippen LogP contribution in [0.3, 0.4) is 0 Å². The van der Waals surface area contributed by atoms with Crippen molar-refractivity contribution >= 4 is 5.91 Å². The van der Waals surface area contributed by atoms with Gasteiger partial charge in [0.25, 0.3) is 0 Å². The van der Waals surface area contributed by atoms with Crippen LogP contribution in [-0.4, -0.2) is 34.4 Å². The van der Waals surface area contributed by atoms with Gasteiger partial charge in [-0.25, -0.2) is 0 Å². The fourth-order valence-electron chi connectivity index (χ4n) is 2.14. The molecule has 0 unspecified atom stereocenters. The number of rotatable bonds is 2. The number of nitrogens with one attached hydrogen (secondary N) is 1. The zero-order valence-corrected chi connectivity index (χ0v) is 10.4. The summed E-state index contributed by atoms with van der Waals surface area (Å²) in [5.74, 6) is 0.222. The summed E-state index contributed by atoms with van der Waals surface area (Å²) >= 11 is 0. The molecule has 1 fully saturated rings. The fraction of sp³-hybridized carbons (Fsp3) is 0.538. The Kier molecular flexibility index (Phi) is 3.43. The SMILES string of the molecule is CC1(C)CN(Cc2ccncc2)C(=O)CCN1. The average Bonchev–Trinajstić information content (AvgIpc) is 2.40. The van der Waals surface area contributed by atoms with Gasteiger partial charge in [0.15, 0.2) is 0 Å². The fourth-order valence-corrected chi connectivity index (χ4v) is 2.14. The summed E-state index contributed by atoms with van der Waals surface area (Å²) in [5.41, 5.74) is 1.12. The van der Waals surface area contributed by atoms with Crippen LogP contribution in [0.2, 0.25) is 0 Å². The van der Waals surface area contributed by atoms with Crippen molar-refractivity contribution < 1.29 is 4.79 Å². The normalized spacial score (nSPS) is 20.1. The van der Waals surface area contributed by atoms with Crippen molar-refractivity contribution in [3.05, 3.63) is 30.1 Å². The number of hydrogen-bond donors (Lipinski definition) is 1. The third kappa shape index (κ3) is 3.27. The number of carbonyl (C=O) groups excluding carboxylic acids is 1. The Morgan fingerprint density at radius 3 is 2.82 bits per heavy atom. The molecule has 1 aromatic heterocycles. The van der Waals surface area contributed by atoms with Crippen molar-refractivity contribution in [3.63, 3.8) is 0 Å². The highest BCUT2D eigenvalue weighted by atomic mass is 16.2. The maximum Gasteiger partial charge on any atom is 0.224 e. The minimum atomic E-state index is -0.0147. The van der Waals surface area contributed by atoms with E-state index < -0.39 is 0 Å². The lowest BCUT2D eigenvalue weighted by Gasteiger charge is -2.30. The third-order valence-electron chi connectivity index (χ3n) is 3.00. The molecule has 0 saturated carbocycles. The summed E-state index contributed by atoms with van der Waals surface area (Å²) in [6.07, 6.45) is 4.11. The van der Waals surface area contributed by atoms with Gasteiger partial charge in [0.05, 0.1) is 0 Å². The largest absolute Gasteiger partial charge is 0.337 e. The predicted molar refractivity (Wildman–Crippen MR) is 66.4 cm³/mol. The van der Waals surface area contributed by atoms with Crippen LogP contribution in [0.1, 0.15) is 25.8 Å². The Morgan fingerprint density at radius 2 is 2.12 bits per heavy atom. The van der Waals surface area contributed by atoms with Crippen molar-refractivity contribution in [1.82, 2.24) is 15.2 Å². The molecule has 2 heterocycles. The summed E-state index contributed by atoms with van der Waals surface area (Å²) < 4.78 is 0. The highest BCUT2D eigenvalue weighted by molar-refractivity contribution is 5.76. The predicted octanol–water partition coefficient (Wildman–Crippen LogP) is 1.18. The first kappa shape index (κ1) is 12.0. The van der Waals surface area contributed by atoms with Crippen LogP contribution in [0.25, 0.3) is 0 Å².